The number of aryl methyl sites for hydroxylation is 1. The van der Waals surface area contributed by atoms with E-state index in [0.717, 1.165) is 38.5 Å². The molecule has 1 saturated carbocycles. The maximum absolute atomic E-state index is 12.3. The van der Waals surface area contributed by atoms with E-state index in [4.69, 9.17) is 0 Å². The van der Waals surface area contributed by atoms with Crippen molar-refractivity contribution in [2.24, 2.45) is 0 Å². The summed E-state index contributed by atoms with van der Waals surface area (Å²) in [6.45, 7) is 1.97. The second kappa shape index (κ2) is 7.47. The lowest BCUT2D eigenvalue weighted by Crippen LogP contribution is -2.46. The molecular weight excluding hydrogens is 308 g/mol. The van der Waals surface area contributed by atoms with Crippen LogP contribution in [0, 0.1) is 0 Å². The smallest absolute Gasteiger partial charge is 0.315 e. The van der Waals surface area contributed by atoms with Gasteiger partial charge in [-0.1, -0.05) is 37.6 Å². The minimum absolute atomic E-state index is 0.0837. The van der Waals surface area contributed by atoms with Gasteiger partial charge in [-0.2, -0.15) is 0 Å². The molecule has 1 aromatic rings. The molecule has 0 aliphatic heterocycles. The lowest BCUT2D eigenvalue weighted by Gasteiger charge is -2.29. The third-order valence-corrected chi connectivity index (χ3v) is 6.80. The summed E-state index contributed by atoms with van der Waals surface area (Å²) in [6.07, 6.45) is 5.91. The molecule has 0 radical (unpaired) electrons. The molecule has 4 atom stereocenters. The first-order chi connectivity index (χ1) is 11.2. The van der Waals surface area contributed by atoms with Crippen molar-refractivity contribution in [3.63, 3.8) is 0 Å². The van der Waals surface area contributed by atoms with Gasteiger partial charge in [0.15, 0.2) is 0 Å². The van der Waals surface area contributed by atoms with Crippen LogP contribution in [0.5, 0.6) is 0 Å². The monoisotopic (exact) mass is 334 g/mol. The third-order valence-electron chi connectivity index (χ3n) is 5.06. The van der Waals surface area contributed by atoms with E-state index < -0.39 is 10.8 Å². The van der Waals surface area contributed by atoms with Gasteiger partial charge in [0.2, 0.25) is 0 Å². The van der Waals surface area contributed by atoms with Crippen molar-refractivity contribution in [1.29, 1.82) is 0 Å². The Kier molecular flexibility index (Phi) is 5.36. The Labute approximate surface area is 140 Å². The Balaban J connectivity index is 1.53. The van der Waals surface area contributed by atoms with E-state index >= 15 is 0 Å². The van der Waals surface area contributed by atoms with Gasteiger partial charge in [-0.05, 0) is 43.2 Å². The molecule has 23 heavy (non-hydrogen) atoms. The van der Waals surface area contributed by atoms with E-state index in [1.807, 2.05) is 13.0 Å². The number of hydrogen-bond acceptors (Lipinski definition) is 2. The molecule has 1 aromatic carbocycles. The maximum atomic E-state index is 12.3. The SMILES string of the molecule is CC[S@](=O)[C@@H]1CCC[C@@H](NC(=O)N[C@H]2CCc3ccccc32)C1. The molecular formula is C18H26N2O2S. The molecule has 5 heteroatoms. The van der Waals surface area contributed by atoms with Crippen molar-refractivity contribution in [1.82, 2.24) is 10.6 Å². The average Bonchev–Trinajstić information content (AvgIpc) is 2.97. The normalized spacial score (nSPS) is 28.0. The standard InChI is InChI=1S/C18H26N2O2S/c1-2-23(22)15-8-5-7-14(12-15)19-18(21)20-17-11-10-13-6-3-4-9-16(13)17/h3-4,6,9,14-15,17H,2,5,7-8,10-12H2,1H3,(H2,19,20,21)/t14-,15-,17+,23+/m1/s1. The lowest BCUT2D eigenvalue weighted by molar-refractivity contribution is 0.229. The fraction of sp³-hybridized carbons (Fsp3) is 0.611. The zero-order chi connectivity index (χ0) is 16.2. The van der Waals surface area contributed by atoms with Gasteiger partial charge in [-0.3, -0.25) is 4.21 Å². The minimum atomic E-state index is -0.754. The fourth-order valence-corrected chi connectivity index (χ4v) is 5.19. The third kappa shape index (κ3) is 3.94. The summed E-state index contributed by atoms with van der Waals surface area (Å²) in [5.41, 5.74) is 2.59. The van der Waals surface area contributed by atoms with Crippen LogP contribution in [0.3, 0.4) is 0 Å². The first-order valence-corrected chi connectivity index (χ1v) is 10.1. The molecule has 126 valence electrons. The van der Waals surface area contributed by atoms with Crippen molar-refractivity contribution in [2.45, 2.75) is 62.8 Å². The zero-order valence-electron chi connectivity index (χ0n) is 13.7. The zero-order valence-corrected chi connectivity index (χ0v) is 14.5. The molecule has 3 rings (SSSR count). The lowest BCUT2D eigenvalue weighted by atomic mass is 9.95. The summed E-state index contributed by atoms with van der Waals surface area (Å²) >= 11 is 0. The van der Waals surface area contributed by atoms with Gasteiger partial charge < -0.3 is 10.6 Å². The van der Waals surface area contributed by atoms with Gasteiger partial charge in [-0.25, -0.2) is 4.79 Å². The molecule has 0 saturated heterocycles. The van der Waals surface area contributed by atoms with E-state index in [-0.39, 0.29) is 23.4 Å². The van der Waals surface area contributed by atoms with Crippen LogP contribution in [0.1, 0.15) is 56.2 Å². The van der Waals surface area contributed by atoms with Crippen molar-refractivity contribution in [3.05, 3.63) is 35.4 Å². The average molecular weight is 334 g/mol. The van der Waals surface area contributed by atoms with Crippen LogP contribution >= 0.6 is 0 Å². The van der Waals surface area contributed by atoms with Crippen molar-refractivity contribution in [3.8, 4) is 0 Å². The second-order valence-corrected chi connectivity index (χ2v) is 8.57. The molecule has 2 aliphatic carbocycles. The van der Waals surface area contributed by atoms with Gasteiger partial charge in [0, 0.05) is 27.8 Å². The van der Waals surface area contributed by atoms with Crippen molar-refractivity contribution in [2.75, 3.05) is 5.75 Å². The van der Waals surface area contributed by atoms with Crippen LogP contribution in [-0.4, -0.2) is 27.3 Å². The van der Waals surface area contributed by atoms with E-state index in [2.05, 4.69) is 28.8 Å². The summed E-state index contributed by atoms with van der Waals surface area (Å²) in [7, 11) is -0.754. The highest BCUT2D eigenvalue weighted by Crippen LogP contribution is 2.30. The maximum Gasteiger partial charge on any atom is 0.315 e. The van der Waals surface area contributed by atoms with Crippen molar-refractivity contribution >= 4 is 16.8 Å². The molecule has 0 unspecified atom stereocenters. The van der Waals surface area contributed by atoms with E-state index in [1.165, 1.54) is 11.1 Å². The number of nitrogens with one attached hydrogen (secondary N) is 2. The van der Waals surface area contributed by atoms with Crippen LogP contribution < -0.4 is 10.6 Å². The van der Waals surface area contributed by atoms with Crippen LogP contribution in [-0.2, 0) is 17.2 Å². The molecule has 0 heterocycles. The largest absolute Gasteiger partial charge is 0.335 e. The summed E-state index contributed by atoms with van der Waals surface area (Å²) in [6, 6.07) is 8.52. The fourth-order valence-electron chi connectivity index (χ4n) is 3.84. The Hall–Kier alpha value is -1.36. The molecule has 2 N–H and O–H groups in total. The van der Waals surface area contributed by atoms with Gasteiger partial charge in [0.1, 0.15) is 0 Å². The van der Waals surface area contributed by atoms with Crippen molar-refractivity contribution < 1.29 is 9.00 Å². The highest BCUT2D eigenvalue weighted by molar-refractivity contribution is 7.85. The Bertz CT molecular complexity index is 590. The number of amides is 2. The second-order valence-electron chi connectivity index (χ2n) is 6.56. The predicted molar refractivity (Wildman–Crippen MR) is 93.9 cm³/mol. The number of benzene rings is 1. The van der Waals surface area contributed by atoms with Crippen LogP contribution in [0.15, 0.2) is 24.3 Å². The quantitative estimate of drug-likeness (QED) is 0.889. The van der Waals surface area contributed by atoms with Crippen LogP contribution in [0.4, 0.5) is 4.79 Å². The molecule has 2 amide bonds. The van der Waals surface area contributed by atoms with E-state index in [0.29, 0.717) is 5.75 Å². The Morgan fingerprint density at radius 3 is 2.87 bits per heavy atom. The summed E-state index contributed by atoms with van der Waals surface area (Å²) < 4.78 is 12.0. The first-order valence-electron chi connectivity index (χ1n) is 8.69. The number of carbonyl (C=O) groups excluding carboxylic acids is 1. The van der Waals surface area contributed by atoms with Gasteiger partial charge in [-0.15, -0.1) is 0 Å². The summed E-state index contributed by atoms with van der Waals surface area (Å²) in [5.74, 6) is 0.711. The Morgan fingerprint density at radius 2 is 2.04 bits per heavy atom. The number of rotatable bonds is 4. The van der Waals surface area contributed by atoms with Gasteiger partial charge in [0.05, 0.1) is 6.04 Å². The first kappa shape index (κ1) is 16.5. The summed E-state index contributed by atoms with van der Waals surface area (Å²) in [5, 5.41) is 6.46. The molecule has 0 aromatic heterocycles. The van der Waals surface area contributed by atoms with Gasteiger partial charge >= 0.3 is 6.03 Å². The van der Waals surface area contributed by atoms with E-state index in [9.17, 15) is 9.00 Å². The highest BCUT2D eigenvalue weighted by Gasteiger charge is 2.28. The predicted octanol–water partition coefficient (Wildman–Crippen LogP) is 3.05. The molecule has 0 spiro atoms. The highest BCUT2D eigenvalue weighted by atomic mass is 32.2. The van der Waals surface area contributed by atoms with Crippen LogP contribution in [0.25, 0.3) is 0 Å². The summed E-state index contributed by atoms with van der Waals surface area (Å²) in [4.78, 5) is 12.3. The van der Waals surface area contributed by atoms with E-state index in [1.54, 1.807) is 0 Å². The topological polar surface area (TPSA) is 58.2 Å². The van der Waals surface area contributed by atoms with Crippen LogP contribution in [0.2, 0.25) is 0 Å². The Morgan fingerprint density at radius 1 is 1.22 bits per heavy atom. The number of fused-ring (bicyclic) bond motifs is 1. The minimum Gasteiger partial charge on any atom is -0.335 e. The molecule has 4 nitrogen and oxygen atoms in total. The van der Waals surface area contributed by atoms with Gasteiger partial charge in [0.25, 0.3) is 0 Å². The number of carbonyl (C=O) groups is 1. The number of hydrogen-bond donors (Lipinski definition) is 2. The number of urea groups is 1. The molecule has 1 fully saturated rings. The molecule has 2 aliphatic rings. The molecule has 0 bridgehead atoms.